The summed E-state index contributed by atoms with van der Waals surface area (Å²) in [5.74, 6) is 0.907. The van der Waals surface area contributed by atoms with Gasteiger partial charge in [0.15, 0.2) is 5.96 Å². The summed E-state index contributed by atoms with van der Waals surface area (Å²) in [6.07, 6.45) is 2.34. The topological polar surface area (TPSA) is 75.2 Å². The molecule has 26 heavy (non-hydrogen) atoms. The van der Waals surface area contributed by atoms with Gasteiger partial charge in [0.1, 0.15) is 0 Å². The van der Waals surface area contributed by atoms with E-state index < -0.39 is 0 Å². The lowest BCUT2D eigenvalue weighted by molar-refractivity contribution is -0.131. The lowest BCUT2D eigenvalue weighted by Gasteiger charge is -2.27. The first kappa shape index (κ1) is 20.7. The summed E-state index contributed by atoms with van der Waals surface area (Å²) in [6.45, 7) is 4.84. The van der Waals surface area contributed by atoms with Crippen molar-refractivity contribution in [1.82, 2.24) is 15.5 Å². The van der Waals surface area contributed by atoms with E-state index in [-0.39, 0.29) is 5.91 Å². The summed E-state index contributed by atoms with van der Waals surface area (Å²) < 4.78 is 10.3. The molecule has 1 amide bonds. The molecule has 0 saturated carbocycles. The van der Waals surface area contributed by atoms with E-state index in [0.29, 0.717) is 38.7 Å². The van der Waals surface area contributed by atoms with Crippen LogP contribution in [-0.2, 0) is 27.2 Å². The van der Waals surface area contributed by atoms with Crippen LogP contribution in [0.5, 0.6) is 0 Å². The van der Waals surface area contributed by atoms with Gasteiger partial charge in [0.2, 0.25) is 5.91 Å². The molecule has 0 unspecified atom stereocenters. The minimum Gasteiger partial charge on any atom is -0.382 e. The molecule has 2 rings (SSSR count). The maximum Gasteiger partial charge on any atom is 0.224 e. The lowest BCUT2D eigenvalue weighted by atomic mass is 10.1. The van der Waals surface area contributed by atoms with Crippen LogP contribution >= 0.6 is 11.3 Å². The molecule has 1 aromatic rings. The standard InChI is InChI=1S/C18H30N4O3S/c1-19-18(20-7-3-10-25-12-11-24-2)21-8-4-17(23)22-9-5-16-15(14-22)6-13-26-16/h6,13H,3-5,7-12,14H2,1-2H3,(H2,19,20,21). The fourth-order valence-corrected chi connectivity index (χ4v) is 3.64. The number of hydrogen-bond acceptors (Lipinski definition) is 5. The van der Waals surface area contributed by atoms with Gasteiger partial charge >= 0.3 is 0 Å². The van der Waals surface area contributed by atoms with Crippen LogP contribution in [0.4, 0.5) is 0 Å². The number of fused-ring (bicyclic) bond motifs is 1. The lowest BCUT2D eigenvalue weighted by Crippen LogP contribution is -2.41. The molecule has 0 bridgehead atoms. The summed E-state index contributed by atoms with van der Waals surface area (Å²) in [7, 11) is 3.39. The second-order valence-electron chi connectivity index (χ2n) is 6.07. The number of guanidine groups is 1. The summed E-state index contributed by atoms with van der Waals surface area (Å²) in [4.78, 5) is 19.9. The molecule has 0 radical (unpaired) electrons. The predicted molar refractivity (Wildman–Crippen MR) is 105 cm³/mol. The molecule has 0 fully saturated rings. The summed E-state index contributed by atoms with van der Waals surface area (Å²) in [5, 5.41) is 8.53. The number of nitrogens with zero attached hydrogens (tertiary/aromatic N) is 2. The van der Waals surface area contributed by atoms with Crippen molar-refractivity contribution in [2.45, 2.75) is 25.8 Å². The van der Waals surface area contributed by atoms with Gasteiger partial charge in [-0.3, -0.25) is 9.79 Å². The highest BCUT2D eigenvalue weighted by Gasteiger charge is 2.20. The van der Waals surface area contributed by atoms with E-state index >= 15 is 0 Å². The first-order valence-electron chi connectivity index (χ1n) is 9.08. The average Bonchev–Trinajstić information content (AvgIpc) is 3.13. The van der Waals surface area contributed by atoms with Crippen LogP contribution in [0.1, 0.15) is 23.3 Å². The van der Waals surface area contributed by atoms with E-state index in [2.05, 4.69) is 27.1 Å². The van der Waals surface area contributed by atoms with Crippen molar-refractivity contribution in [3.8, 4) is 0 Å². The zero-order valence-electron chi connectivity index (χ0n) is 15.8. The second kappa shape index (κ2) is 11.9. The Bertz CT molecular complexity index is 577. The van der Waals surface area contributed by atoms with Crippen molar-refractivity contribution < 1.29 is 14.3 Å². The largest absolute Gasteiger partial charge is 0.382 e. The number of carbonyl (C=O) groups is 1. The number of methoxy groups -OCH3 is 1. The Hall–Kier alpha value is -1.64. The number of thiophene rings is 1. The van der Waals surface area contributed by atoms with Gasteiger partial charge in [-0.2, -0.15) is 0 Å². The summed E-state index contributed by atoms with van der Waals surface area (Å²) >= 11 is 1.79. The zero-order valence-corrected chi connectivity index (χ0v) is 16.6. The van der Waals surface area contributed by atoms with Crippen LogP contribution in [0.2, 0.25) is 0 Å². The van der Waals surface area contributed by atoms with Crippen molar-refractivity contribution in [3.63, 3.8) is 0 Å². The van der Waals surface area contributed by atoms with Gasteiger partial charge in [-0.1, -0.05) is 0 Å². The molecule has 0 saturated heterocycles. The van der Waals surface area contributed by atoms with E-state index in [0.717, 1.165) is 32.5 Å². The van der Waals surface area contributed by atoms with Gasteiger partial charge in [0, 0.05) is 58.2 Å². The Labute approximate surface area is 159 Å². The number of nitrogens with one attached hydrogen (secondary N) is 2. The number of aliphatic imine (C=N–C) groups is 1. The van der Waals surface area contributed by atoms with Crippen LogP contribution in [-0.4, -0.2) is 70.4 Å². The molecular weight excluding hydrogens is 352 g/mol. The molecule has 2 N–H and O–H groups in total. The minimum atomic E-state index is 0.191. The maximum atomic E-state index is 12.4. The molecule has 8 heteroatoms. The molecule has 1 aromatic heterocycles. The second-order valence-corrected chi connectivity index (χ2v) is 7.07. The SMILES string of the molecule is CN=C(NCCCOCCOC)NCCC(=O)N1CCc2sccc2C1. The van der Waals surface area contributed by atoms with Gasteiger partial charge in [-0.05, 0) is 29.9 Å². The highest BCUT2D eigenvalue weighted by atomic mass is 32.1. The number of amides is 1. The molecule has 0 spiro atoms. The Morgan fingerprint density at radius 1 is 1.31 bits per heavy atom. The van der Waals surface area contributed by atoms with Gasteiger partial charge in [0.05, 0.1) is 13.2 Å². The average molecular weight is 383 g/mol. The molecule has 146 valence electrons. The van der Waals surface area contributed by atoms with Crippen LogP contribution in [0, 0.1) is 0 Å². The van der Waals surface area contributed by atoms with E-state index in [1.807, 2.05) is 4.90 Å². The van der Waals surface area contributed by atoms with Gasteiger partial charge in [-0.15, -0.1) is 11.3 Å². The quantitative estimate of drug-likeness (QED) is 0.362. The van der Waals surface area contributed by atoms with E-state index in [1.54, 1.807) is 25.5 Å². The Morgan fingerprint density at radius 2 is 2.15 bits per heavy atom. The smallest absolute Gasteiger partial charge is 0.224 e. The normalized spacial score (nSPS) is 14.2. The van der Waals surface area contributed by atoms with Crippen molar-refractivity contribution in [2.75, 3.05) is 53.6 Å². The molecule has 7 nitrogen and oxygen atoms in total. The van der Waals surface area contributed by atoms with E-state index in [9.17, 15) is 4.79 Å². The van der Waals surface area contributed by atoms with Crippen LogP contribution in [0.15, 0.2) is 16.4 Å². The Morgan fingerprint density at radius 3 is 2.96 bits per heavy atom. The fourth-order valence-electron chi connectivity index (χ4n) is 2.75. The van der Waals surface area contributed by atoms with E-state index in [1.165, 1.54) is 10.4 Å². The summed E-state index contributed by atoms with van der Waals surface area (Å²) in [5.41, 5.74) is 1.30. The molecule has 2 heterocycles. The number of carbonyl (C=O) groups excluding carboxylic acids is 1. The maximum absolute atomic E-state index is 12.4. The number of ether oxygens (including phenoxy) is 2. The molecule has 0 atom stereocenters. The first-order valence-corrected chi connectivity index (χ1v) is 9.96. The molecule has 0 aliphatic carbocycles. The van der Waals surface area contributed by atoms with Crippen LogP contribution in [0.3, 0.4) is 0 Å². The van der Waals surface area contributed by atoms with Crippen LogP contribution in [0.25, 0.3) is 0 Å². The third-order valence-corrected chi connectivity index (χ3v) is 5.23. The van der Waals surface area contributed by atoms with E-state index in [4.69, 9.17) is 9.47 Å². The highest BCUT2D eigenvalue weighted by Crippen LogP contribution is 2.24. The Kier molecular flexibility index (Phi) is 9.44. The van der Waals surface area contributed by atoms with Crippen molar-refractivity contribution in [1.29, 1.82) is 0 Å². The number of rotatable bonds is 10. The zero-order chi connectivity index (χ0) is 18.6. The summed E-state index contributed by atoms with van der Waals surface area (Å²) in [6, 6.07) is 2.13. The van der Waals surface area contributed by atoms with Gasteiger partial charge in [-0.25, -0.2) is 0 Å². The van der Waals surface area contributed by atoms with Crippen molar-refractivity contribution >= 4 is 23.2 Å². The number of hydrogen-bond donors (Lipinski definition) is 2. The molecule has 0 aromatic carbocycles. The molecule has 1 aliphatic heterocycles. The fraction of sp³-hybridized carbons (Fsp3) is 0.667. The highest BCUT2D eigenvalue weighted by molar-refractivity contribution is 7.10. The van der Waals surface area contributed by atoms with Crippen molar-refractivity contribution in [2.24, 2.45) is 4.99 Å². The third-order valence-electron chi connectivity index (χ3n) is 4.20. The third kappa shape index (κ3) is 6.93. The Balaban J connectivity index is 1.56. The molecular formula is C18H30N4O3S. The predicted octanol–water partition coefficient (Wildman–Crippen LogP) is 1.24. The van der Waals surface area contributed by atoms with Gasteiger partial charge in [0.25, 0.3) is 0 Å². The first-order chi connectivity index (χ1) is 12.7. The minimum absolute atomic E-state index is 0.191. The van der Waals surface area contributed by atoms with Crippen LogP contribution < -0.4 is 10.6 Å². The van der Waals surface area contributed by atoms with Crippen molar-refractivity contribution in [3.05, 3.63) is 21.9 Å². The molecule has 1 aliphatic rings. The monoisotopic (exact) mass is 382 g/mol. The van der Waals surface area contributed by atoms with Gasteiger partial charge < -0.3 is 25.0 Å².